The highest BCUT2D eigenvalue weighted by molar-refractivity contribution is 7.89. The number of guanidine groups is 1. The van der Waals surface area contributed by atoms with E-state index in [0.717, 1.165) is 16.8 Å². The summed E-state index contributed by atoms with van der Waals surface area (Å²) in [4.78, 5) is 10.8. The molecule has 202 valence electrons. The Kier molecular flexibility index (Phi) is 8.05. The molecule has 1 atom stereocenters. The maximum absolute atomic E-state index is 13.9. The number of aryl methyl sites for hydroxylation is 1. The van der Waals surface area contributed by atoms with Crippen LogP contribution in [0.2, 0.25) is 0 Å². The zero-order valence-electron chi connectivity index (χ0n) is 21.9. The molecule has 0 amide bonds. The molecule has 2 heterocycles. The minimum atomic E-state index is -3.86. The van der Waals surface area contributed by atoms with Gasteiger partial charge < -0.3 is 9.64 Å². The number of piperazine rings is 1. The van der Waals surface area contributed by atoms with Crippen molar-refractivity contribution in [1.82, 2.24) is 19.5 Å². The van der Waals surface area contributed by atoms with Crippen LogP contribution in [0.1, 0.15) is 17.2 Å². The van der Waals surface area contributed by atoms with Gasteiger partial charge in [-0.25, -0.2) is 13.4 Å². The fraction of sp³-hybridized carbons (Fsp3) is 0.167. The van der Waals surface area contributed by atoms with Gasteiger partial charge in [0.1, 0.15) is 11.5 Å². The highest BCUT2D eigenvalue weighted by Gasteiger charge is 2.38. The Balaban J connectivity index is 1.44. The zero-order valence-corrected chi connectivity index (χ0v) is 22.7. The summed E-state index contributed by atoms with van der Waals surface area (Å²) in [5.74, 6) is 1.45. The molecule has 1 fully saturated rings. The molecule has 1 unspecified atom stereocenters. The molecule has 5 rings (SSSR count). The van der Waals surface area contributed by atoms with Gasteiger partial charge in [-0.3, -0.25) is 10.3 Å². The van der Waals surface area contributed by atoms with Gasteiger partial charge in [-0.05, 0) is 60.5 Å². The molecule has 1 aromatic heterocycles. The van der Waals surface area contributed by atoms with Crippen LogP contribution in [-0.2, 0) is 10.0 Å². The monoisotopic (exact) mass is 552 g/mol. The van der Waals surface area contributed by atoms with Gasteiger partial charge >= 0.3 is 0 Å². The lowest BCUT2D eigenvalue weighted by Gasteiger charge is -2.41. The highest BCUT2D eigenvalue weighted by atomic mass is 32.2. The Hall–Kier alpha value is -4.72. The van der Waals surface area contributed by atoms with Crippen molar-refractivity contribution in [2.24, 2.45) is 4.99 Å². The predicted octanol–water partition coefficient (Wildman–Crippen LogP) is 4.99. The van der Waals surface area contributed by atoms with E-state index >= 15 is 0 Å². The molecule has 0 spiro atoms. The van der Waals surface area contributed by atoms with Crippen molar-refractivity contribution in [3.05, 3.63) is 115 Å². The zero-order chi connectivity index (χ0) is 28.0. The van der Waals surface area contributed by atoms with Crippen LogP contribution in [0, 0.1) is 18.4 Å². The van der Waals surface area contributed by atoms with Crippen LogP contribution in [0.4, 0.5) is 5.69 Å². The first kappa shape index (κ1) is 26.9. The van der Waals surface area contributed by atoms with E-state index in [1.165, 1.54) is 4.31 Å². The smallest absolute Gasteiger partial charge is 0.243 e. The van der Waals surface area contributed by atoms with Crippen LogP contribution in [0.3, 0.4) is 0 Å². The van der Waals surface area contributed by atoms with Crippen molar-refractivity contribution in [2.45, 2.75) is 17.9 Å². The van der Waals surface area contributed by atoms with Gasteiger partial charge in [0, 0.05) is 25.8 Å². The van der Waals surface area contributed by atoms with Gasteiger partial charge in [0.05, 0.1) is 22.8 Å². The number of pyridine rings is 1. The van der Waals surface area contributed by atoms with Gasteiger partial charge in [-0.2, -0.15) is 9.57 Å². The Labute approximate surface area is 234 Å². The Bertz CT molecular complexity index is 1620. The maximum atomic E-state index is 13.9. The second-order valence-corrected chi connectivity index (χ2v) is 11.1. The fourth-order valence-electron chi connectivity index (χ4n) is 4.58. The van der Waals surface area contributed by atoms with E-state index in [0.29, 0.717) is 30.5 Å². The molecule has 1 N–H and O–H groups in total. The SMILES string of the molecule is Cc1ccccc1N=C(NC#N)N1CCN(S(=O)(=O)c2ccc(Oc3cccnc3)cc2)C(c2ccccc2)C1. The molecule has 1 aliphatic rings. The lowest BCUT2D eigenvalue weighted by molar-refractivity contribution is 0.192. The molecular formula is C30H28N6O3S. The molecule has 10 heteroatoms. The quantitative estimate of drug-likeness (QED) is 0.155. The molecule has 0 aliphatic carbocycles. The van der Waals surface area contributed by atoms with Crippen molar-refractivity contribution in [1.29, 1.82) is 5.26 Å². The average molecular weight is 553 g/mol. The molecule has 1 aliphatic heterocycles. The van der Waals surface area contributed by atoms with Crippen LogP contribution in [0.15, 0.2) is 113 Å². The Morgan fingerprint density at radius 2 is 1.73 bits per heavy atom. The van der Waals surface area contributed by atoms with Crippen molar-refractivity contribution >= 4 is 21.7 Å². The number of ether oxygens (including phenoxy) is 1. The van der Waals surface area contributed by atoms with E-state index < -0.39 is 16.1 Å². The topological polar surface area (TPSA) is 111 Å². The molecular weight excluding hydrogens is 524 g/mol. The van der Waals surface area contributed by atoms with Crippen LogP contribution >= 0.6 is 0 Å². The first-order chi connectivity index (χ1) is 19.5. The summed E-state index contributed by atoms with van der Waals surface area (Å²) in [6.45, 7) is 2.82. The number of hydrogen-bond acceptors (Lipinski definition) is 6. The standard InChI is InChI=1S/C30H28N6O3S/c1-23-8-5-6-12-28(23)34-30(33-22-31)35-18-19-36(29(21-35)24-9-3-2-4-10-24)40(37,38)27-15-13-25(14-16-27)39-26-11-7-17-32-20-26/h2-17,20,29H,18-19,21H2,1H3,(H,33,34). The number of rotatable bonds is 6. The number of nitriles is 1. The summed E-state index contributed by atoms with van der Waals surface area (Å²) >= 11 is 0. The summed E-state index contributed by atoms with van der Waals surface area (Å²) in [5, 5.41) is 12.2. The molecule has 9 nitrogen and oxygen atoms in total. The second-order valence-electron chi connectivity index (χ2n) is 9.21. The minimum absolute atomic E-state index is 0.171. The molecule has 4 aromatic rings. The van der Waals surface area contributed by atoms with Gasteiger partial charge in [0.15, 0.2) is 6.19 Å². The number of nitrogens with one attached hydrogen (secondary N) is 1. The third-order valence-electron chi connectivity index (χ3n) is 6.63. The Morgan fingerprint density at radius 3 is 2.42 bits per heavy atom. The number of hydrogen-bond donors (Lipinski definition) is 1. The van der Waals surface area contributed by atoms with Gasteiger partial charge in [-0.1, -0.05) is 48.5 Å². The van der Waals surface area contributed by atoms with E-state index in [2.05, 4.69) is 10.3 Å². The fourth-order valence-corrected chi connectivity index (χ4v) is 6.18. The molecule has 3 aromatic carbocycles. The van der Waals surface area contributed by atoms with E-state index in [-0.39, 0.29) is 11.4 Å². The summed E-state index contributed by atoms with van der Waals surface area (Å²) < 4.78 is 35.2. The summed E-state index contributed by atoms with van der Waals surface area (Å²) in [7, 11) is -3.86. The average Bonchev–Trinajstić information content (AvgIpc) is 2.99. The lowest BCUT2D eigenvalue weighted by Crippen LogP contribution is -2.54. The highest BCUT2D eigenvalue weighted by Crippen LogP contribution is 2.33. The lowest BCUT2D eigenvalue weighted by atomic mass is 10.0. The van der Waals surface area contributed by atoms with Gasteiger partial charge in [-0.15, -0.1) is 0 Å². The van der Waals surface area contributed by atoms with Crippen LogP contribution in [0.25, 0.3) is 0 Å². The number of benzene rings is 3. The number of sulfonamides is 1. The molecule has 1 saturated heterocycles. The third-order valence-corrected chi connectivity index (χ3v) is 8.55. The predicted molar refractivity (Wildman–Crippen MR) is 152 cm³/mol. The summed E-state index contributed by atoms with van der Waals surface area (Å²) in [6.07, 6.45) is 5.22. The van der Waals surface area contributed by atoms with E-state index in [1.54, 1.807) is 48.8 Å². The summed E-state index contributed by atoms with van der Waals surface area (Å²) in [6, 6.07) is 26.6. The molecule has 40 heavy (non-hydrogen) atoms. The van der Waals surface area contributed by atoms with Crippen LogP contribution in [0.5, 0.6) is 11.5 Å². The van der Waals surface area contributed by atoms with Crippen molar-refractivity contribution in [3.8, 4) is 17.7 Å². The van der Waals surface area contributed by atoms with Gasteiger partial charge in [0.2, 0.25) is 16.0 Å². The summed E-state index contributed by atoms with van der Waals surface area (Å²) in [5.41, 5.74) is 2.55. The Morgan fingerprint density at radius 1 is 0.975 bits per heavy atom. The normalized spacial score (nSPS) is 16.2. The number of aliphatic imine (C=N–C) groups is 1. The number of nitrogens with zero attached hydrogens (tertiary/aromatic N) is 5. The molecule has 0 radical (unpaired) electrons. The van der Waals surface area contributed by atoms with Crippen molar-refractivity contribution < 1.29 is 13.2 Å². The molecule has 0 bridgehead atoms. The van der Waals surface area contributed by atoms with E-state index in [4.69, 9.17) is 9.73 Å². The third kappa shape index (κ3) is 5.96. The first-order valence-corrected chi connectivity index (χ1v) is 14.2. The van der Waals surface area contributed by atoms with Crippen LogP contribution < -0.4 is 10.1 Å². The maximum Gasteiger partial charge on any atom is 0.243 e. The van der Waals surface area contributed by atoms with E-state index in [9.17, 15) is 13.7 Å². The largest absolute Gasteiger partial charge is 0.456 e. The van der Waals surface area contributed by atoms with Crippen molar-refractivity contribution in [2.75, 3.05) is 19.6 Å². The van der Waals surface area contributed by atoms with Crippen LogP contribution in [-0.4, -0.2) is 48.2 Å². The van der Waals surface area contributed by atoms with Gasteiger partial charge in [0.25, 0.3) is 0 Å². The van der Waals surface area contributed by atoms with Crippen molar-refractivity contribution in [3.63, 3.8) is 0 Å². The second kappa shape index (κ2) is 12.0. The minimum Gasteiger partial charge on any atom is -0.456 e. The first-order valence-electron chi connectivity index (χ1n) is 12.7. The number of aromatic nitrogens is 1. The number of para-hydroxylation sites is 1. The molecule has 0 saturated carbocycles. The van der Waals surface area contributed by atoms with E-state index in [1.807, 2.05) is 72.6 Å².